The summed E-state index contributed by atoms with van der Waals surface area (Å²) in [6.07, 6.45) is 5.16. The number of carbonyl (C=O) groups excluding carboxylic acids is 1. The molecule has 0 spiro atoms. The van der Waals surface area contributed by atoms with Gasteiger partial charge in [-0.3, -0.25) is 4.79 Å². The fourth-order valence-electron chi connectivity index (χ4n) is 1.62. The van der Waals surface area contributed by atoms with E-state index in [0.29, 0.717) is 0 Å². The van der Waals surface area contributed by atoms with Crippen LogP contribution in [0.2, 0.25) is 0 Å². The summed E-state index contributed by atoms with van der Waals surface area (Å²) < 4.78 is 0. The standard InChI is InChI=1S/C16H15NO.C3H6/c1-17(15-10-6-3-7-11-15)16(18)13-12-14-8-4-2-5-9-14;1-3-2/h2-13H,1H3;3H,1H2,2H3/b13-12+;. The Hall–Kier alpha value is -2.61. The second kappa shape index (κ2) is 9.32. The van der Waals surface area contributed by atoms with E-state index in [1.165, 1.54) is 0 Å². The third-order valence-electron chi connectivity index (χ3n) is 2.69. The minimum atomic E-state index is -0.0370. The van der Waals surface area contributed by atoms with Gasteiger partial charge in [0.05, 0.1) is 0 Å². The topological polar surface area (TPSA) is 20.3 Å². The lowest BCUT2D eigenvalue weighted by atomic mass is 10.2. The Kier molecular flexibility index (Phi) is 7.30. The average molecular weight is 279 g/mol. The van der Waals surface area contributed by atoms with Crippen LogP contribution in [-0.4, -0.2) is 13.0 Å². The second-order valence-electron chi connectivity index (χ2n) is 4.39. The summed E-state index contributed by atoms with van der Waals surface area (Å²) in [5.74, 6) is -0.0370. The van der Waals surface area contributed by atoms with Crippen LogP contribution in [0.5, 0.6) is 0 Å². The monoisotopic (exact) mass is 279 g/mol. The molecule has 2 rings (SSSR count). The van der Waals surface area contributed by atoms with Crippen LogP contribution in [-0.2, 0) is 4.79 Å². The maximum atomic E-state index is 12.0. The van der Waals surface area contributed by atoms with Crippen molar-refractivity contribution in [3.05, 3.63) is 85.0 Å². The van der Waals surface area contributed by atoms with Gasteiger partial charge in [-0.2, -0.15) is 0 Å². The fraction of sp³-hybridized carbons (Fsp3) is 0.105. The Morgan fingerprint density at radius 3 is 2.00 bits per heavy atom. The number of anilines is 1. The summed E-state index contributed by atoms with van der Waals surface area (Å²) in [6, 6.07) is 19.4. The number of benzene rings is 2. The van der Waals surface area contributed by atoms with Gasteiger partial charge in [0.2, 0.25) is 0 Å². The van der Waals surface area contributed by atoms with Gasteiger partial charge in [-0.05, 0) is 30.7 Å². The molecule has 2 aromatic carbocycles. The number of carbonyl (C=O) groups is 1. The first-order valence-electron chi connectivity index (χ1n) is 6.82. The van der Waals surface area contributed by atoms with Crippen molar-refractivity contribution in [1.29, 1.82) is 0 Å². The van der Waals surface area contributed by atoms with E-state index in [1.807, 2.05) is 73.7 Å². The smallest absolute Gasteiger partial charge is 0.250 e. The van der Waals surface area contributed by atoms with Crippen LogP contribution in [0.25, 0.3) is 6.08 Å². The zero-order valence-corrected chi connectivity index (χ0v) is 12.6. The lowest BCUT2D eigenvalue weighted by Gasteiger charge is -2.14. The molecule has 0 fully saturated rings. The molecule has 0 heterocycles. The van der Waals surface area contributed by atoms with Crippen molar-refractivity contribution in [2.45, 2.75) is 6.92 Å². The zero-order chi connectivity index (χ0) is 15.5. The molecule has 0 aliphatic carbocycles. The fourth-order valence-corrected chi connectivity index (χ4v) is 1.62. The predicted octanol–water partition coefficient (Wildman–Crippen LogP) is 4.56. The van der Waals surface area contributed by atoms with E-state index < -0.39 is 0 Å². The summed E-state index contributed by atoms with van der Waals surface area (Å²) in [5, 5.41) is 0. The minimum Gasteiger partial charge on any atom is -0.312 e. The van der Waals surface area contributed by atoms with Crippen molar-refractivity contribution >= 4 is 17.7 Å². The van der Waals surface area contributed by atoms with Crippen molar-refractivity contribution in [2.75, 3.05) is 11.9 Å². The Morgan fingerprint density at radius 2 is 1.48 bits per heavy atom. The van der Waals surface area contributed by atoms with Crippen molar-refractivity contribution in [3.63, 3.8) is 0 Å². The molecule has 21 heavy (non-hydrogen) atoms. The van der Waals surface area contributed by atoms with E-state index in [-0.39, 0.29) is 5.91 Å². The highest BCUT2D eigenvalue weighted by Gasteiger charge is 2.05. The van der Waals surface area contributed by atoms with Crippen molar-refractivity contribution in [1.82, 2.24) is 0 Å². The molecule has 2 heteroatoms. The quantitative estimate of drug-likeness (QED) is 0.596. The first-order chi connectivity index (χ1) is 10.2. The molecule has 0 saturated carbocycles. The summed E-state index contributed by atoms with van der Waals surface area (Å²) in [5.41, 5.74) is 1.91. The Morgan fingerprint density at radius 1 is 1.00 bits per heavy atom. The van der Waals surface area contributed by atoms with Gasteiger partial charge in [0.15, 0.2) is 0 Å². The van der Waals surface area contributed by atoms with E-state index >= 15 is 0 Å². The number of allylic oxidation sites excluding steroid dienone is 1. The molecule has 108 valence electrons. The highest BCUT2D eigenvalue weighted by atomic mass is 16.2. The molecule has 0 radical (unpaired) electrons. The molecule has 1 amide bonds. The highest BCUT2D eigenvalue weighted by Crippen LogP contribution is 2.11. The largest absolute Gasteiger partial charge is 0.312 e. The molecule has 0 bridgehead atoms. The zero-order valence-electron chi connectivity index (χ0n) is 12.6. The number of hydrogen-bond donors (Lipinski definition) is 0. The van der Waals surface area contributed by atoms with Gasteiger partial charge < -0.3 is 4.90 Å². The van der Waals surface area contributed by atoms with E-state index in [1.54, 1.807) is 24.1 Å². The molecule has 2 nitrogen and oxygen atoms in total. The van der Waals surface area contributed by atoms with E-state index in [2.05, 4.69) is 6.58 Å². The van der Waals surface area contributed by atoms with Gasteiger partial charge in [-0.1, -0.05) is 54.6 Å². The number of para-hydroxylation sites is 1. The van der Waals surface area contributed by atoms with Gasteiger partial charge in [0, 0.05) is 18.8 Å². The van der Waals surface area contributed by atoms with Crippen LogP contribution in [0.1, 0.15) is 12.5 Å². The van der Waals surface area contributed by atoms with Crippen molar-refractivity contribution < 1.29 is 4.79 Å². The van der Waals surface area contributed by atoms with Crippen LogP contribution in [0.3, 0.4) is 0 Å². The summed E-state index contributed by atoms with van der Waals surface area (Å²) >= 11 is 0. The lowest BCUT2D eigenvalue weighted by molar-refractivity contribution is -0.113. The number of hydrogen-bond acceptors (Lipinski definition) is 1. The Balaban J connectivity index is 0.000000677. The average Bonchev–Trinajstić information content (AvgIpc) is 2.54. The van der Waals surface area contributed by atoms with Crippen LogP contribution in [0.4, 0.5) is 5.69 Å². The highest BCUT2D eigenvalue weighted by molar-refractivity contribution is 6.03. The molecule has 0 aliphatic heterocycles. The van der Waals surface area contributed by atoms with Crippen molar-refractivity contribution in [3.8, 4) is 0 Å². The van der Waals surface area contributed by atoms with Crippen LogP contribution in [0, 0.1) is 0 Å². The Bertz CT molecular complexity index is 573. The van der Waals surface area contributed by atoms with E-state index in [9.17, 15) is 4.79 Å². The maximum Gasteiger partial charge on any atom is 0.250 e. The Labute approximate surface area is 127 Å². The van der Waals surface area contributed by atoms with Gasteiger partial charge in [0.25, 0.3) is 5.91 Å². The van der Waals surface area contributed by atoms with Crippen LogP contribution < -0.4 is 4.90 Å². The molecule has 0 unspecified atom stereocenters. The number of amides is 1. The van der Waals surface area contributed by atoms with Gasteiger partial charge in [0.1, 0.15) is 0 Å². The van der Waals surface area contributed by atoms with Gasteiger partial charge in [-0.25, -0.2) is 0 Å². The molecular formula is C19H21NO. The van der Waals surface area contributed by atoms with Gasteiger partial charge >= 0.3 is 0 Å². The van der Waals surface area contributed by atoms with E-state index in [0.717, 1.165) is 11.3 Å². The predicted molar refractivity (Wildman–Crippen MR) is 91.2 cm³/mol. The molecule has 0 atom stereocenters. The molecule has 0 saturated heterocycles. The summed E-state index contributed by atoms with van der Waals surface area (Å²) in [7, 11) is 1.77. The number of rotatable bonds is 3. The molecule has 0 aromatic heterocycles. The minimum absolute atomic E-state index is 0.0370. The normalized spacial score (nSPS) is 9.62. The SMILES string of the molecule is C=CC.CN(C(=O)/C=C/c1ccccc1)c1ccccc1. The molecular weight excluding hydrogens is 258 g/mol. The van der Waals surface area contributed by atoms with E-state index in [4.69, 9.17) is 0 Å². The molecule has 0 N–H and O–H groups in total. The second-order valence-corrected chi connectivity index (χ2v) is 4.39. The van der Waals surface area contributed by atoms with Crippen LogP contribution >= 0.6 is 0 Å². The maximum absolute atomic E-state index is 12.0. The number of likely N-dealkylation sites (N-methyl/N-ethyl adjacent to an activating group) is 1. The lowest BCUT2D eigenvalue weighted by Crippen LogP contribution is -2.23. The molecule has 2 aromatic rings. The summed E-state index contributed by atoms with van der Waals surface area (Å²) in [6.45, 7) is 5.25. The van der Waals surface area contributed by atoms with Crippen LogP contribution in [0.15, 0.2) is 79.4 Å². The number of nitrogens with zero attached hydrogens (tertiary/aromatic N) is 1. The third kappa shape index (κ3) is 5.91. The first kappa shape index (κ1) is 16.4. The van der Waals surface area contributed by atoms with Crippen molar-refractivity contribution in [2.24, 2.45) is 0 Å². The molecule has 0 aliphatic rings. The summed E-state index contributed by atoms with van der Waals surface area (Å²) in [4.78, 5) is 13.6. The first-order valence-corrected chi connectivity index (χ1v) is 6.82. The van der Waals surface area contributed by atoms with Gasteiger partial charge in [-0.15, -0.1) is 6.58 Å². The third-order valence-corrected chi connectivity index (χ3v) is 2.69.